The Hall–Kier alpha value is 0.880. The van der Waals surface area contributed by atoms with Gasteiger partial charge >= 0.3 is 0 Å². The monoisotopic (exact) mass is 292 g/mol. The number of rotatable bonds is 0. The third-order valence-corrected chi connectivity index (χ3v) is 5.80. The summed E-state index contributed by atoms with van der Waals surface area (Å²) in [5, 5.41) is 9.05. The first-order chi connectivity index (χ1) is 8.00. The van der Waals surface area contributed by atoms with Crippen LogP contribution in [0.5, 0.6) is 0 Å². The van der Waals surface area contributed by atoms with E-state index in [0.29, 0.717) is 0 Å². The van der Waals surface area contributed by atoms with Crippen LogP contribution in [0.25, 0.3) is 0 Å². The third-order valence-electron chi connectivity index (χ3n) is 2.04. The Bertz CT molecular complexity index is 159. The van der Waals surface area contributed by atoms with E-state index in [1.807, 2.05) is 47.0 Å². The van der Waals surface area contributed by atoms with Crippen molar-refractivity contribution in [2.75, 3.05) is 23.0 Å². The van der Waals surface area contributed by atoms with Crippen LogP contribution in [0.1, 0.15) is 25.7 Å². The van der Waals surface area contributed by atoms with E-state index in [9.17, 15) is 0 Å². The number of hydrogen-bond donors (Lipinski definition) is 0. The summed E-state index contributed by atoms with van der Waals surface area (Å²) in [5.41, 5.74) is 0. The fraction of sp³-hybridized carbons (Fsp3) is 0.667. The minimum Gasteiger partial charge on any atom is -0.134 e. The van der Waals surface area contributed by atoms with Crippen molar-refractivity contribution in [3.8, 4) is 0 Å². The fourth-order valence-electron chi connectivity index (χ4n) is 1.17. The summed E-state index contributed by atoms with van der Waals surface area (Å²) < 4.78 is 0. The zero-order valence-electron chi connectivity index (χ0n) is 9.60. The van der Waals surface area contributed by atoms with Gasteiger partial charge in [-0.05, 0) is 70.3 Å². The van der Waals surface area contributed by atoms with Crippen LogP contribution in [0.4, 0.5) is 0 Å². The second kappa shape index (κ2) is 12.3. The smallest absolute Gasteiger partial charge is 0.00255 e. The predicted molar refractivity (Wildman–Crippen MR) is 86.6 cm³/mol. The van der Waals surface area contributed by atoms with Crippen molar-refractivity contribution in [3.05, 3.63) is 21.6 Å². The predicted octanol–water partition coefficient (Wildman–Crippen LogP) is 5.44. The topological polar surface area (TPSA) is 0 Å². The van der Waals surface area contributed by atoms with Crippen molar-refractivity contribution in [3.63, 3.8) is 0 Å². The Balaban J connectivity index is 2.13. The zero-order valence-corrected chi connectivity index (χ0v) is 12.9. The van der Waals surface area contributed by atoms with Crippen LogP contribution in [-0.4, -0.2) is 23.0 Å². The first kappa shape index (κ1) is 14.9. The summed E-state index contributed by atoms with van der Waals surface area (Å²) in [4.78, 5) is 0. The van der Waals surface area contributed by atoms with E-state index in [0.717, 1.165) is 0 Å². The maximum atomic E-state index is 2.26. The van der Waals surface area contributed by atoms with Gasteiger partial charge in [-0.2, -0.15) is 0 Å². The number of hydrogen-bond acceptors (Lipinski definition) is 4. The molecule has 92 valence electrons. The van der Waals surface area contributed by atoms with Gasteiger partial charge in [0.1, 0.15) is 0 Å². The van der Waals surface area contributed by atoms with E-state index in [4.69, 9.17) is 0 Å². The molecule has 0 nitrogen and oxygen atoms in total. The summed E-state index contributed by atoms with van der Waals surface area (Å²) in [5.74, 6) is 5.10. The van der Waals surface area contributed by atoms with E-state index >= 15 is 0 Å². The van der Waals surface area contributed by atoms with Crippen LogP contribution in [-0.2, 0) is 0 Å². The second-order valence-electron chi connectivity index (χ2n) is 3.44. The SMILES string of the molecule is C1=C\SCCCCS/C=C\SCCCCS/1. The van der Waals surface area contributed by atoms with Crippen molar-refractivity contribution < 1.29 is 0 Å². The first-order valence-electron chi connectivity index (χ1n) is 5.76. The molecule has 4 heteroatoms. The maximum absolute atomic E-state index is 2.26. The molecule has 0 atom stereocenters. The van der Waals surface area contributed by atoms with Gasteiger partial charge in [-0.25, -0.2) is 0 Å². The summed E-state index contributed by atoms with van der Waals surface area (Å²) in [7, 11) is 0. The summed E-state index contributed by atoms with van der Waals surface area (Å²) in [6, 6.07) is 0. The molecule has 0 aromatic rings. The van der Waals surface area contributed by atoms with Gasteiger partial charge in [-0.1, -0.05) is 0 Å². The molecule has 0 radical (unpaired) electrons. The Morgan fingerprint density at radius 1 is 0.438 bits per heavy atom. The molecule has 0 saturated carbocycles. The molecule has 0 spiro atoms. The molecular formula is C12H20S4. The average molecular weight is 293 g/mol. The van der Waals surface area contributed by atoms with Crippen LogP contribution in [0.15, 0.2) is 21.6 Å². The minimum absolute atomic E-state index is 1.27. The van der Waals surface area contributed by atoms with Crippen LogP contribution in [0.2, 0.25) is 0 Å². The lowest BCUT2D eigenvalue weighted by molar-refractivity contribution is 0.909. The molecule has 0 bridgehead atoms. The zero-order chi connectivity index (χ0) is 11.3. The molecule has 0 N–H and O–H groups in total. The van der Waals surface area contributed by atoms with Gasteiger partial charge in [0, 0.05) is 0 Å². The molecule has 1 aliphatic heterocycles. The average Bonchev–Trinajstić information content (AvgIpc) is 2.29. The van der Waals surface area contributed by atoms with E-state index in [1.54, 1.807) is 0 Å². The van der Waals surface area contributed by atoms with Crippen LogP contribution < -0.4 is 0 Å². The highest BCUT2D eigenvalue weighted by Crippen LogP contribution is 2.17. The Kier molecular flexibility index (Phi) is 11.5. The van der Waals surface area contributed by atoms with Crippen LogP contribution in [0.3, 0.4) is 0 Å². The molecule has 0 aliphatic carbocycles. The lowest BCUT2D eigenvalue weighted by atomic mass is 10.4. The van der Waals surface area contributed by atoms with Crippen molar-refractivity contribution in [2.45, 2.75) is 25.7 Å². The van der Waals surface area contributed by atoms with Crippen LogP contribution >= 0.6 is 47.0 Å². The highest BCUT2D eigenvalue weighted by atomic mass is 32.2. The summed E-state index contributed by atoms with van der Waals surface area (Å²) in [6.07, 6.45) is 5.36. The van der Waals surface area contributed by atoms with E-state index in [1.165, 1.54) is 48.7 Å². The van der Waals surface area contributed by atoms with Gasteiger partial charge in [-0.3, -0.25) is 0 Å². The molecular weight excluding hydrogens is 272 g/mol. The van der Waals surface area contributed by atoms with Crippen LogP contribution in [0, 0.1) is 0 Å². The minimum atomic E-state index is 1.27. The molecule has 0 amide bonds. The molecule has 0 fully saturated rings. The Labute approximate surface area is 117 Å². The summed E-state index contributed by atoms with van der Waals surface area (Å²) in [6.45, 7) is 0. The van der Waals surface area contributed by atoms with Crippen molar-refractivity contribution in [1.82, 2.24) is 0 Å². The van der Waals surface area contributed by atoms with E-state index in [2.05, 4.69) is 21.6 Å². The maximum Gasteiger partial charge on any atom is -0.00255 e. The molecule has 1 aliphatic rings. The van der Waals surface area contributed by atoms with Crippen molar-refractivity contribution >= 4 is 47.0 Å². The molecule has 0 aromatic carbocycles. The van der Waals surface area contributed by atoms with Gasteiger partial charge in [0.15, 0.2) is 0 Å². The molecule has 16 heavy (non-hydrogen) atoms. The molecule has 0 unspecified atom stereocenters. The lowest BCUT2D eigenvalue weighted by Gasteiger charge is -1.99. The first-order valence-corrected chi connectivity index (χ1v) is 9.96. The van der Waals surface area contributed by atoms with Crippen molar-refractivity contribution in [1.29, 1.82) is 0 Å². The van der Waals surface area contributed by atoms with E-state index < -0.39 is 0 Å². The lowest BCUT2D eigenvalue weighted by Crippen LogP contribution is -1.83. The van der Waals surface area contributed by atoms with Gasteiger partial charge in [0.2, 0.25) is 0 Å². The Morgan fingerprint density at radius 3 is 0.938 bits per heavy atom. The quantitative estimate of drug-likeness (QED) is 0.583. The molecule has 0 aromatic heterocycles. The second-order valence-corrected chi connectivity index (χ2v) is 7.50. The Morgan fingerprint density at radius 2 is 0.688 bits per heavy atom. The highest BCUT2D eigenvalue weighted by molar-refractivity contribution is 8.06. The third kappa shape index (κ3) is 10.1. The van der Waals surface area contributed by atoms with Gasteiger partial charge in [-0.15, -0.1) is 47.0 Å². The van der Waals surface area contributed by atoms with E-state index in [-0.39, 0.29) is 0 Å². The van der Waals surface area contributed by atoms with Gasteiger partial charge in [0.05, 0.1) is 0 Å². The van der Waals surface area contributed by atoms with Gasteiger partial charge in [0.25, 0.3) is 0 Å². The molecule has 1 heterocycles. The van der Waals surface area contributed by atoms with Gasteiger partial charge < -0.3 is 0 Å². The fourth-order valence-corrected chi connectivity index (χ4v) is 4.46. The molecule has 1 rings (SSSR count). The standard InChI is InChI=1S/C12H20S4/c1-2-6-14-11-12-16-8-4-3-7-15-10-9-13-5-1/h9-12H,1-8H2/b10-9-,12-11-. The highest BCUT2D eigenvalue weighted by Gasteiger charge is 1.91. The normalized spacial score (nSPS) is 26.0. The van der Waals surface area contributed by atoms with Crippen molar-refractivity contribution in [2.24, 2.45) is 0 Å². The largest absolute Gasteiger partial charge is 0.134 e. The molecule has 0 saturated heterocycles. The summed E-state index contributed by atoms with van der Waals surface area (Å²) >= 11 is 7.83. The number of thioether (sulfide) groups is 4.